The van der Waals surface area contributed by atoms with Gasteiger partial charge in [0.15, 0.2) is 9.84 Å². The highest BCUT2D eigenvalue weighted by atomic mass is 32.2. The van der Waals surface area contributed by atoms with Gasteiger partial charge in [0.1, 0.15) is 11.6 Å². The van der Waals surface area contributed by atoms with Crippen molar-refractivity contribution in [2.24, 2.45) is 0 Å². The topological polar surface area (TPSA) is 87.2 Å². The van der Waals surface area contributed by atoms with Crippen LogP contribution in [0.4, 0.5) is 4.79 Å². The van der Waals surface area contributed by atoms with E-state index in [0.717, 1.165) is 6.42 Å². The van der Waals surface area contributed by atoms with Crippen molar-refractivity contribution in [2.45, 2.75) is 57.7 Å². The van der Waals surface area contributed by atoms with E-state index in [9.17, 15) is 18.0 Å². The van der Waals surface area contributed by atoms with E-state index in [1.165, 1.54) is 0 Å². The Kier molecular flexibility index (Phi) is 5.72. The first-order valence-electron chi connectivity index (χ1n) is 9.79. The van der Waals surface area contributed by atoms with Gasteiger partial charge in [-0.1, -0.05) is 0 Å². The molecule has 0 aromatic carbocycles. The Hall–Kier alpha value is -1.35. The molecule has 3 aliphatic heterocycles. The average molecular weight is 402 g/mol. The van der Waals surface area contributed by atoms with Gasteiger partial charge in [-0.3, -0.25) is 14.6 Å². The van der Waals surface area contributed by atoms with Crippen LogP contribution in [0, 0.1) is 0 Å². The average Bonchev–Trinajstić information content (AvgIpc) is 3.19. The molecule has 0 spiro atoms. The highest BCUT2D eigenvalue weighted by Crippen LogP contribution is 2.24. The molecular weight excluding hydrogens is 370 g/mol. The molecule has 0 N–H and O–H groups in total. The monoisotopic (exact) mass is 401 g/mol. The molecule has 8 nitrogen and oxygen atoms in total. The van der Waals surface area contributed by atoms with Gasteiger partial charge in [0.2, 0.25) is 5.91 Å². The molecule has 3 fully saturated rings. The highest BCUT2D eigenvalue weighted by Gasteiger charge is 2.40. The maximum absolute atomic E-state index is 13.0. The van der Waals surface area contributed by atoms with Crippen LogP contribution in [0.25, 0.3) is 0 Å². The van der Waals surface area contributed by atoms with Crippen LogP contribution >= 0.6 is 0 Å². The van der Waals surface area contributed by atoms with Crippen molar-refractivity contribution in [1.29, 1.82) is 0 Å². The Morgan fingerprint density at radius 1 is 1.00 bits per heavy atom. The molecule has 27 heavy (non-hydrogen) atoms. The van der Waals surface area contributed by atoms with Gasteiger partial charge in [0.25, 0.3) is 0 Å². The van der Waals surface area contributed by atoms with Crippen molar-refractivity contribution in [3.05, 3.63) is 0 Å². The summed E-state index contributed by atoms with van der Waals surface area (Å²) in [7, 11) is -2.90. The number of hydrogen-bond acceptors (Lipinski definition) is 6. The van der Waals surface area contributed by atoms with Crippen molar-refractivity contribution < 1.29 is 22.7 Å². The molecule has 3 rings (SSSR count). The standard InChI is InChI=1S/C18H31N3O5S/c1-18(2,3)26-17(23)21-7-4-5-15(21)16(22)20-10-8-19(9-11-20)14-6-12-27(24,25)13-14/h14-15H,4-13H2,1-3H3. The molecule has 9 heteroatoms. The number of ether oxygens (including phenoxy) is 1. The third kappa shape index (κ3) is 4.93. The summed E-state index contributed by atoms with van der Waals surface area (Å²) in [5.74, 6) is 0.483. The summed E-state index contributed by atoms with van der Waals surface area (Å²) in [6, 6.07) is -0.366. The van der Waals surface area contributed by atoms with Crippen LogP contribution in [0.1, 0.15) is 40.0 Å². The number of piperazine rings is 1. The van der Waals surface area contributed by atoms with E-state index in [0.29, 0.717) is 45.6 Å². The molecule has 0 bridgehead atoms. The first kappa shape index (κ1) is 20.4. The molecule has 2 unspecified atom stereocenters. The number of carbonyl (C=O) groups is 2. The number of nitrogens with zero attached hydrogens (tertiary/aromatic N) is 3. The smallest absolute Gasteiger partial charge is 0.410 e. The van der Waals surface area contributed by atoms with E-state index < -0.39 is 27.6 Å². The molecule has 154 valence electrons. The van der Waals surface area contributed by atoms with Gasteiger partial charge in [0.05, 0.1) is 11.5 Å². The zero-order chi connectivity index (χ0) is 19.8. The van der Waals surface area contributed by atoms with Crippen molar-refractivity contribution >= 4 is 21.8 Å². The Balaban J connectivity index is 1.55. The molecule has 0 aliphatic carbocycles. The second-order valence-corrected chi connectivity index (χ2v) is 11.0. The van der Waals surface area contributed by atoms with Crippen molar-refractivity contribution in [1.82, 2.24) is 14.7 Å². The largest absolute Gasteiger partial charge is 0.444 e. The Labute approximate surface area is 161 Å². The van der Waals surface area contributed by atoms with Crippen LogP contribution in [0.5, 0.6) is 0 Å². The second-order valence-electron chi connectivity index (χ2n) is 8.75. The SMILES string of the molecule is CC(C)(C)OC(=O)N1CCCC1C(=O)N1CCN(C2CCS(=O)(=O)C2)CC1. The van der Waals surface area contributed by atoms with Gasteiger partial charge in [0, 0.05) is 38.8 Å². The number of likely N-dealkylation sites (tertiary alicyclic amines) is 1. The highest BCUT2D eigenvalue weighted by molar-refractivity contribution is 7.91. The third-order valence-corrected chi connectivity index (χ3v) is 7.27. The fourth-order valence-electron chi connectivity index (χ4n) is 4.14. The summed E-state index contributed by atoms with van der Waals surface area (Å²) in [6.45, 7) is 8.53. The van der Waals surface area contributed by atoms with Gasteiger partial charge in [-0.2, -0.15) is 0 Å². The van der Waals surface area contributed by atoms with Crippen LogP contribution in [0.2, 0.25) is 0 Å². The third-order valence-electron chi connectivity index (χ3n) is 5.52. The summed E-state index contributed by atoms with van der Waals surface area (Å²) < 4.78 is 28.8. The molecule has 0 aromatic heterocycles. The minimum Gasteiger partial charge on any atom is -0.444 e. The fourth-order valence-corrected chi connectivity index (χ4v) is 5.91. The number of sulfone groups is 1. The van der Waals surface area contributed by atoms with Crippen LogP contribution in [0.3, 0.4) is 0 Å². The van der Waals surface area contributed by atoms with Gasteiger partial charge in [-0.15, -0.1) is 0 Å². The van der Waals surface area contributed by atoms with Gasteiger partial charge in [-0.25, -0.2) is 13.2 Å². The molecule has 0 saturated carbocycles. The minimum atomic E-state index is -2.90. The molecule has 3 aliphatic rings. The number of hydrogen-bond donors (Lipinski definition) is 0. The normalized spacial score (nSPS) is 29.1. The van der Waals surface area contributed by atoms with E-state index >= 15 is 0 Å². The molecule has 3 heterocycles. The molecule has 2 atom stereocenters. The quantitative estimate of drug-likeness (QED) is 0.678. The zero-order valence-corrected chi connectivity index (χ0v) is 17.3. The first-order valence-corrected chi connectivity index (χ1v) is 11.6. The summed E-state index contributed by atoms with van der Waals surface area (Å²) >= 11 is 0. The summed E-state index contributed by atoms with van der Waals surface area (Å²) in [4.78, 5) is 30.9. The predicted octanol–water partition coefficient (Wildman–Crippen LogP) is 0.717. The number of rotatable bonds is 2. The summed E-state index contributed by atoms with van der Waals surface area (Å²) in [6.07, 6.45) is 1.73. The Morgan fingerprint density at radius 3 is 2.22 bits per heavy atom. The number of carbonyl (C=O) groups excluding carboxylic acids is 2. The summed E-state index contributed by atoms with van der Waals surface area (Å²) in [5.41, 5.74) is -0.583. The lowest BCUT2D eigenvalue weighted by atomic mass is 10.1. The molecule has 0 radical (unpaired) electrons. The van der Waals surface area contributed by atoms with Crippen molar-refractivity contribution in [2.75, 3.05) is 44.2 Å². The van der Waals surface area contributed by atoms with E-state index in [1.807, 2.05) is 25.7 Å². The lowest BCUT2D eigenvalue weighted by Crippen LogP contribution is -2.56. The predicted molar refractivity (Wildman–Crippen MR) is 101 cm³/mol. The van der Waals surface area contributed by atoms with Gasteiger partial charge < -0.3 is 9.64 Å². The van der Waals surface area contributed by atoms with Crippen LogP contribution < -0.4 is 0 Å². The van der Waals surface area contributed by atoms with Crippen molar-refractivity contribution in [3.63, 3.8) is 0 Å². The lowest BCUT2D eigenvalue weighted by molar-refractivity contribution is -0.138. The van der Waals surface area contributed by atoms with E-state index in [-0.39, 0.29) is 23.5 Å². The molecule has 3 saturated heterocycles. The van der Waals surface area contributed by atoms with Gasteiger partial charge in [-0.05, 0) is 40.0 Å². The molecular formula is C18H31N3O5S. The Morgan fingerprint density at radius 2 is 1.67 bits per heavy atom. The van der Waals surface area contributed by atoms with Crippen LogP contribution in [-0.2, 0) is 19.4 Å². The summed E-state index contributed by atoms with van der Waals surface area (Å²) in [5, 5.41) is 0. The molecule has 0 aromatic rings. The van der Waals surface area contributed by atoms with Crippen molar-refractivity contribution in [3.8, 4) is 0 Å². The van der Waals surface area contributed by atoms with E-state index in [1.54, 1.807) is 4.90 Å². The maximum atomic E-state index is 13.0. The Bertz CT molecular complexity index is 680. The minimum absolute atomic E-state index is 0.0166. The van der Waals surface area contributed by atoms with E-state index in [4.69, 9.17) is 4.74 Å². The van der Waals surface area contributed by atoms with Crippen LogP contribution in [0.15, 0.2) is 0 Å². The second kappa shape index (κ2) is 7.58. The first-order chi connectivity index (χ1) is 12.6. The maximum Gasteiger partial charge on any atom is 0.410 e. The van der Waals surface area contributed by atoms with E-state index in [2.05, 4.69) is 4.90 Å². The van der Waals surface area contributed by atoms with Gasteiger partial charge >= 0.3 is 6.09 Å². The fraction of sp³-hybridized carbons (Fsp3) is 0.889. The number of amides is 2. The molecule has 2 amide bonds. The van der Waals surface area contributed by atoms with Crippen LogP contribution in [-0.4, -0.2) is 97.0 Å². The zero-order valence-electron chi connectivity index (χ0n) is 16.5. The lowest BCUT2D eigenvalue weighted by Gasteiger charge is -2.39.